The number of benzene rings is 1. The molecule has 0 bridgehead atoms. The molecule has 0 aliphatic carbocycles. The number of hydrogen-bond donors (Lipinski definition) is 1. The largest absolute Gasteiger partial charge is 0.496 e. The summed E-state index contributed by atoms with van der Waals surface area (Å²) in [5, 5.41) is 3.55. The Kier molecular flexibility index (Phi) is 3.27. The number of methoxy groups -OCH3 is 1. The highest BCUT2D eigenvalue weighted by atomic mass is 16.5. The number of hydrogen-bond acceptors (Lipinski definition) is 2. The third kappa shape index (κ3) is 2.32. The Balaban J connectivity index is 2.09. The Morgan fingerprint density at radius 3 is 2.87 bits per heavy atom. The molecule has 1 saturated heterocycles. The van der Waals surface area contributed by atoms with Gasteiger partial charge in [0.2, 0.25) is 0 Å². The van der Waals surface area contributed by atoms with Crippen LogP contribution in [-0.4, -0.2) is 19.7 Å². The fourth-order valence-corrected chi connectivity index (χ4v) is 2.28. The molecule has 2 heteroatoms. The first kappa shape index (κ1) is 10.5. The Morgan fingerprint density at radius 1 is 1.40 bits per heavy atom. The molecule has 1 aromatic rings. The van der Waals surface area contributed by atoms with E-state index >= 15 is 0 Å². The smallest absolute Gasteiger partial charge is 0.122 e. The summed E-state index contributed by atoms with van der Waals surface area (Å²) in [6, 6.07) is 8.91. The molecule has 1 fully saturated rings. The van der Waals surface area contributed by atoms with E-state index in [-0.39, 0.29) is 0 Å². The zero-order chi connectivity index (χ0) is 10.7. The minimum Gasteiger partial charge on any atom is -0.496 e. The van der Waals surface area contributed by atoms with E-state index in [1.54, 1.807) is 7.11 Å². The van der Waals surface area contributed by atoms with E-state index < -0.39 is 0 Å². The van der Waals surface area contributed by atoms with Gasteiger partial charge in [0.05, 0.1) is 7.11 Å². The Bertz CT molecular complexity index is 324. The highest BCUT2D eigenvalue weighted by Crippen LogP contribution is 2.24. The molecule has 1 aliphatic rings. The molecule has 1 heterocycles. The van der Waals surface area contributed by atoms with Gasteiger partial charge in [0.15, 0.2) is 0 Å². The molecule has 0 saturated carbocycles. The summed E-state index contributed by atoms with van der Waals surface area (Å²) in [5.74, 6) is 1.79. The number of nitrogens with one attached hydrogen (secondary N) is 1. The van der Waals surface area contributed by atoms with Gasteiger partial charge in [-0.3, -0.25) is 0 Å². The highest BCUT2D eigenvalue weighted by molar-refractivity contribution is 5.34. The molecule has 15 heavy (non-hydrogen) atoms. The van der Waals surface area contributed by atoms with Crippen LogP contribution < -0.4 is 10.1 Å². The van der Waals surface area contributed by atoms with Gasteiger partial charge in [-0.2, -0.15) is 0 Å². The van der Waals surface area contributed by atoms with E-state index in [4.69, 9.17) is 4.74 Å². The molecule has 2 atom stereocenters. The topological polar surface area (TPSA) is 21.3 Å². The highest BCUT2D eigenvalue weighted by Gasteiger charge is 2.23. The van der Waals surface area contributed by atoms with E-state index in [1.165, 1.54) is 12.0 Å². The molecule has 2 unspecified atom stereocenters. The molecule has 2 rings (SSSR count). The monoisotopic (exact) mass is 205 g/mol. The lowest BCUT2D eigenvalue weighted by Crippen LogP contribution is -2.28. The van der Waals surface area contributed by atoms with Gasteiger partial charge in [0, 0.05) is 6.04 Å². The minimum absolute atomic E-state index is 0.612. The van der Waals surface area contributed by atoms with Crippen molar-refractivity contribution in [2.75, 3.05) is 13.7 Å². The summed E-state index contributed by atoms with van der Waals surface area (Å²) < 4.78 is 5.36. The van der Waals surface area contributed by atoms with E-state index in [0.717, 1.165) is 24.6 Å². The second-order valence-corrected chi connectivity index (χ2v) is 4.34. The van der Waals surface area contributed by atoms with Gasteiger partial charge in [-0.05, 0) is 36.9 Å². The number of para-hydroxylation sites is 1. The molecule has 2 nitrogen and oxygen atoms in total. The zero-order valence-corrected chi connectivity index (χ0v) is 9.49. The van der Waals surface area contributed by atoms with Crippen LogP contribution in [0, 0.1) is 5.92 Å². The first-order chi connectivity index (χ1) is 7.31. The summed E-state index contributed by atoms with van der Waals surface area (Å²) >= 11 is 0. The van der Waals surface area contributed by atoms with Gasteiger partial charge in [0.1, 0.15) is 5.75 Å². The lowest BCUT2D eigenvalue weighted by Gasteiger charge is -2.17. The van der Waals surface area contributed by atoms with Gasteiger partial charge >= 0.3 is 0 Å². The quantitative estimate of drug-likeness (QED) is 0.817. The molecule has 82 valence electrons. The summed E-state index contributed by atoms with van der Waals surface area (Å²) in [5.41, 5.74) is 1.31. The van der Waals surface area contributed by atoms with Crippen LogP contribution in [0.5, 0.6) is 5.75 Å². The maximum atomic E-state index is 5.36. The Hall–Kier alpha value is -1.02. The van der Waals surface area contributed by atoms with E-state index in [1.807, 2.05) is 12.1 Å². The van der Waals surface area contributed by atoms with Crippen LogP contribution in [0.3, 0.4) is 0 Å². The van der Waals surface area contributed by atoms with Crippen molar-refractivity contribution in [2.45, 2.75) is 25.8 Å². The summed E-state index contributed by atoms with van der Waals surface area (Å²) in [6.07, 6.45) is 2.37. The van der Waals surface area contributed by atoms with Gasteiger partial charge in [-0.1, -0.05) is 25.1 Å². The zero-order valence-electron chi connectivity index (χ0n) is 9.49. The van der Waals surface area contributed by atoms with Gasteiger partial charge in [0.25, 0.3) is 0 Å². The van der Waals surface area contributed by atoms with Crippen molar-refractivity contribution in [1.82, 2.24) is 5.32 Å². The molecule has 1 aromatic carbocycles. The average Bonchev–Trinajstić information content (AvgIpc) is 2.65. The maximum Gasteiger partial charge on any atom is 0.122 e. The lowest BCUT2D eigenvalue weighted by atomic mass is 9.96. The maximum absolute atomic E-state index is 5.36. The van der Waals surface area contributed by atoms with Crippen LogP contribution in [0.25, 0.3) is 0 Å². The van der Waals surface area contributed by atoms with Crippen LogP contribution in [-0.2, 0) is 6.42 Å². The van der Waals surface area contributed by atoms with E-state index in [0.29, 0.717) is 6.04 Å². The molecule has 0 amide bonds. The van der Waals surface area contributed by atoms with Crippen LogP contribution >= 0.6 is 0 Å². The van der Waals surface area contributed by atoms with Crippen LogP contribution in [0.15, 0.2) is 24.3 Å². The normalized spacial score (nSPS) is 25.5. The minimum atomic E-state index is 0.612. The average molecular weight is 205 g/mol. The molecule has 1 aliphatic heterocycles. The first-order valence-corrected chi connectivity index (χ1v) is 5.66. The molecular weight excluding hydrogens is 186 g/mol. The second kappa shape index (κ2) is 4.67. The van der Waals surface area contributed by atoms with Gasteiger partial charge < -0.3 is 10.1 Å². The van der Waals surface area contributed by atoms with E-state index in [9.17, 15) is 0 Å². The standard InChI is InChI=1S/C13H19NO/c1-10-7-8-14-12(10)9-11-5-3-4-6-13(11)15-2/h3-6,10,12,14H,7-9H2,1-2H3. The van der Waals surface area contributed by atoms with Crippen molar-refractivity contribution >= 4 is 0 Å². The first-order valence-electron chi connectivity index (χ1n) is 5.66. The van der Waals surface area contributed by atoms with Crippen molar-refractivity contribution in [2.24, 2.45) is 5.92 Å². The predicted molar refractivity (Wildman–Crippen MR) is 62.3 cm³/mol. The fraction of sp³-hybridized carbons (Fsp3) is 0.538. The van der Waals surface area contributed by atoms with E-state index in [2.05, 4.69) is 24.4 Å². The fourth-order valence-electron chi connectivity index (χ4n) is 2.28. The second-order valence-electron chi connectivity index (χ2n) is 4.34. The summed E-state index contributed by atoms with van der Waals surface area (Å²) in [7, 11) is 1.74. The van der Waals surface area contributed by atoms with Crippen molar-refractivity contribution < 1.29 is 4.74 Å². The van der Waals surface area contributed by atoms with Crippen molar-refractivity contribution in [3.63, 3.8) is 0 Å². The van der Waals surface area contributed by atoms with Crippen LogP contribution in [0.1, 0.15) is 18.9 Å². The molecule has 0 spiro atoms. The molecule has 0 aromatic heterocycles. The SMILES string of the molecule is COc1ccccc1CC1NCCC1C. The lowest BCUT2D eigenvalue weighted by molar-refractivity contribution is 0.402. The third-order valence-electron chi connectivity index (χ3n) is 3.33. The third-order valence-corrected chi connectivity index (χ3v) is 3.33. The number of ether oxygens (including phenoxy) is 1. The summed E-state index contributed by atoms with van der Waals surface area (Å²) in [6.45, 7) is 3.47. The molecule has 1 N–H and O–H groups in total. The molecule has 0 radical (unpaired) electrons. The van der Waals surface area contributed by atoms with Crippen LogP contribution in [0.4, 0.5) is 0 Å². The van der Waals surface area contributed by atoms with Crippen molar-refractivity contribution in [1.29, 1.82) is 0 Å². The summed E-state index contributed by atoms with van der Waals surface area (Å²) in [4.78, 5) is 0. The predicted octanol–water partition coefficient (Wildman–Crippen LogP) is 2.24. The number of rotatable bonds is 3. The van der Waals surface area contributed by atoms with Crippen molar-refractivity contribution in [3.8, 4) is 5.75 Å². The Morgan fingerprint density at radius 2 is 2.20 bits per heavy atom. The van der Waals surface area contributed by atoms with Crippen LogP contribution in [0.2, 0.25) is 0 Å². The van der Waals surface area contributed by atoms with Crippen molar-refractivity contribution in [3.05, 3.63) is 29.8 Å². The van der Waals surface area contributed by atoms with Gasteiger partial charge in [-0.15, -0.1) is 0 Å². The van der Waals surface area contributed by atoms with Gasteiger partial charge in [-0.25, -0.2) is 0 Å². The Labute approximate surface area is 91.6 Å². The molecular formula is C13H19NO.